The molecule has 1 amide bonds. The number of aryl methyl sites for hydroxylation is 3. The van der Waals surface area contributed by atoms with E-state index in [4.69, 9.17) is 10.1 Å². The summed E-state index contributed by atoms with van der Waals surface area (Å²) >= 11 is 2.78. The standard InChI is InChI=1S/C21H24N4O4S3/c1-3-9-25-20(27)18-14-5-4-6-15(14)31-19(18)24-21(25)30-11-17(26)23-13-8-7-12(2)16(10-13)32(22,28)29/h7-8,10H,3-6,9,11H2,1-2H3,(H,23,26)(H2,22,28,29). The third-order valence-corrected chi connectivity index (χ3v) is 8.56. The first kappa shape index (κ1) is 23.0. The van der Waals surface area contributed by atoms with E-state index in [0.29, 0.717) is 23.0 Å². The van der Waals surface area contributed by atoms with Crippen molar-refractivity contribution < 1.29 is 13.2 Å². The van der Waals surface area contributed by atoms with E-state index in [1.807, 2.05) is 6.92 Å². The second-order valence-electron chi connectivity index (χ2n) is 7.75. The lowest BCUT2D eigenvalue weighted by atomic mass is 10.2. The van der Waals surface area contributed by atoms with Gasteiger partial charge in [-0.1, -0.05) is 24.8 Å². The van der Waals surface area contributed by atoms with Gasteiger partial charge in [-0.05, 0) is 55.9 Å². The number of carbonyl (C=O) groups is 1. The number of nitrogens with two attached hydrogens (primary N) is 1. The average Bonchev–Trinajstić information content (AvgIpc) is 3.30. The average molecular weight is 493 g/mol. The number of carbonyl (C=O) groups excluding carboxylic acids is 1. The van der Waals surface area contributed by atoms with Crippen molar-refractivity contribution in [1.29, 1.82) is 0 Å². The van der Waals surface area contributed by atoms with Crippen LogP contribution in [-0.2, 0) is 34.2 Å². The number of thioether (sulfide) groups is 1. The van der Waals surface area contributed by atoms with Gasteiger partial charge in [0, 0.05) is 17.1 Å². The van der Waals surface area contributed by atoms with Crippen LogP contribution in [0.15, 0.2) is 33.0 Å². The van der Waals surface area contributed by atoms with Crippen molar-refractivity contribution in [2.75, 3.05) is 11.1 Å². The van der Waals surface area contributed by atoms with Crippen molar-refractivity contribution >= 4 is 54.9 Å². The van der Waals surface area contributed by atoms with Crippen LogP contribution in [0.2, 0.25) is 0 Å². The van der Waals surface area contributed by atoms with Crippen LogP contribution in [-0.4, -0.2) is 29.6 Å². The predicted molar refractivity (Wildman–Crippen MR) is 128 cm³/mol. The van der Waals surface area contributed by atoms with E-state index >= 15 is 0 Å². The van der Waals surface area contributed by atoms with Crippen LogP contribution < -0.4 is 16.0 Å². The molecule has 170 valence electrons. The summed E-state index contributed by atoms with van der Waals surface area (Å²) in [6.07, 6.45) is 3.77. The fourth-order valence-electron chi connectivity index (χ4n) is 3.90. The van der Waals surface area contributed by atoms with Gasteiger partial charge >= 0.3 is 0 Å². The third-order valence-electron chi connectivity index (χ3n) is 5.35. The number of nitrogens with zero attached hydrogens (tertiary/aromatic N) is 2. The molecule has 1 aliphatic carbocycles. The fraction of sp³-hybridized carbons (Fsp3) is 0.381. The van der Waals surface area contributed by atoms with E-state index in [9.17, 15) is 18.0 Å². The van der Waals surface area contributed by atoms with Crippen LogP contribution in [0.4, 0.5) is 5.69 Å². The first-order chi connectivity index (χ1) is 15.2. The largest absolute Gasteiger partial charge is 0.325 e. The van der Waals surface area contributed by atoms with Crippen molar-refractivity contribution in [2.45, 2.75) is 56.1 Å². The smallest absolute Gasteiger partial charge is 0.263 e. The minimum Gasteiger partial charge on any atom is -0.325 e. The Morgan fingerprint density at radius 1 is 1.34 bits per heavy atom. The van der Waals surface area contributed by atoms with Gasteiger partial charge in [-0.3, -0.25) is 14.2 Å². The van der Waals surface area contributed by atoms with Gasteiger partial charge in [-0.2, -0.15) is 0 Å². The van der Waals surface area contributed by atoms with Crippen LogP contribution in [0.1, 0.15) is 35.8 Å². The molecule has 3 N–H and O–H groups in total. The predicted octanol–water partition coefficient (Wildman–Crippen LogP) is 3.04. The molecule has 0 aliphatic heterocycles. The number of benzene rings is 1. The Hall–Kier alpha value is -2.21. The highest BCUT2D eigenvalue weighted by atomic mass is 32.2. The Morgan fingerprint density at radius 3 is 2.84 bits per heavy atom. The quantitative estimate of drug-likeness (QED) is 0.386. The molecule has 0 fully saturated rings. The summed E-state index contributed by atoms with van der Waals surface area (Å²) in [5.74, 6) is -0.295. The number of hydrogen-bond acceptors (Lipinski definition) is 7. The number of hydrogen-bond donors (Lipinski definition) is 2. The topological polar surface area (TPSA) is 124 Å². The van der Waals surface area contributed by atoms with E-state index in [-0.39, 0.29) is 22.1 Å². The lowest BCUT2D eigenvalue weighted by Gasteiger charge is -2.12. The van der Waals surface area contributed by atoms with Gasteiger partial charge in [0.1, 0.15) is 4.83 Å². The van der Waals surface area contributed by atoms with Crippen LogP contribution in [0.5, 0.6) is 0 Å². The number of thiophene rings is 1. The molecular weight excluding hydrogens is 468 g/mol. The van der Waals surface area contributed by atoms with Crippen molar-refractivity contribution in [3.63, 3.8) is 0 Å². The minimum absolute atomic E-state index is 0.0300. The van der Waals surface area contributed by atoms with Crippen LogP contribution in [0.25, 0.3) is 10.2 Å². The second kappa shape index (κ2) is 8.97. The monoisotopic (exact) mass is 492 g/mol. The van der Waals surface area contributed by atoms with Gasteiger partial charge < -0.3 is 5.32 Å². The highest BCUT2D eigenvalue weighted by Crippen LogP contribution is 2.35. The molecule has 2 aromatic heterocycles. The van der Waals surface area contributed by atoms with Gasteiger partial charge in [-0.15, -0.1) is 11.3 Å². The Bertz CT molecular complexity index is 1380. The summed E-state index contributed by atoms with van der Waals surface area (Å²) < 4.78 is 25.1. The number of anilines is 1. The first-order valence-electron chi connectivity index (χ1n) is 10.3. The van der Waals surface area contributed by atoms with E-state index in [2.05, 4.69) is 5.32 Å². The number of nitrogens with one attached hydrogen (secondary N) is 1. The van der Waals surface area contributed by atoms with E-state index in [0.717, 1.165) is 41.5 Å². The van der Waals surface area contributed by atoms with Crippen LogP contribution in [0.3, 0.4) is 0 Å². The number of sulfonamides is 1. The Labute approximate surface area is 194 Å². The molecule has 0 unspecified atom stereocenters. The van der Waals surface area contributed by atoms with E-state index in [1.165, 1.54) is 22.7 Å². The third kappa shape index (κ3) is 4.47. The molecule has 8 nitrogen and oxygen atoms in total. The molecule has 32 heavy (non-hydrogen) atoms. The lowest BCUT2D eigenvalue weighted by molar-refractivity contribution is -0.113. The maximum atomic E-state index is 13.2. The maximum Gasteiger partial charge on any atom is 0.263 e. The van der Waals surface area contributed by atoms with E-state index in [1.54, 1.807) is 35.0 Å². The maximum absolute atomic E-state index is 13.2. The Balaban J connectivity index is 1.56. The van der Waals surface area contributed by atoms with Gasteiger partial charge in [-0.25, -0.2) is 18.5 Å². The molecule has 11 heteroatoms. The number of primary sulfonamides is 1. The SMILES string of the molecule is CCCn1c(SCC(=O)Nc2ccc(C)c(S(N)(=O)=O)c2)nc2sc3c(c2c1=O)CCC3. The zero-order valence-electron chi connectivity index (χ0n) is 17.8. The Kier molecular flexibility index (Phi) is 6.44. The highest BCUT2D eigenvalue weighted by molar-refractivity contribution is 7.99. The summed E-state index contributed by atoms with van der Waals surface area (Å²) in [6.45, 7) is 4.17. The molecule has 4 rings (SSSR count). The molecule has 3 aromatic rings. The molecule has 0 saturated carbocycles. The number of rotatable bonds is 7. The van der Waals surface area contributed by atoms with Crippen molar-refractivity contribution in [2.24, 2.45) is 5.14 Å². The van der Waals surface area contributed by atoms with Gasteiger partial charge in [0.05, 0.1) is 16.0 Å². The molecule has 0 radical (unpaired) electrons. The molecule has 2 heterocycles. The number of amides is 1. The van der Waals surface area contributed by atoms with Crippen molar-refractivity contribution in [1.82, 2.24) is 9.55 Å². The Morgan fingerprint density at radius 2 is 2.12 bits per heavy atom. The molecule has 0 atom stereocenters. The number of fused-ring (bicyclic) bond motifs is 3. The second-order valence-corrected chi connectivity index (χ2v) is 11.3. The normalized spacial score (nSPS) is 13.5. The zero-order chi connectivity index (χ0) is 23.0. The molecule has 0 saturated heterocycles. The van der Waals surface area contributed by atoms with Gasteiger partial charge in [0.15, 0.2) is 5.16 Å². The van der Waals surface area contributed by atoms with Gasteiger partial charge in [0.2, 0.25) is 15.9 Å². The summed E-state index contributed by atoms with van der Waals surface area (Å²) in [5.41, 5.74) is 1.96. The summed E-state index contributed by atoms with van der Waals surface area (Å²) in [7, 11) is -3.89. The van der Waals surface area contributed by atoms with E-state index < -0.39 is 10.0 Å². The fourth-order valence-corrected chi connectivity index (χ4v) is 6.84. The molecule has 1 aromatic carbocycles. The lowest BCUT2D eigenvalue weighted by Crippen LogP contribution is -2.24. The summed E-state index contributed by atoms with van der Waals surface area (Å²) in [5, 5.41) is 9.19. The minimum atomic E-state index is -3.89. The van der Waals surface area contributed by atoms with Crippen LogP contribution in [0, 0.1) is 6.92 Å². The van der Waals surface area contributed by atoms with Crippen molar-refractivity contribution in [3.8, 4) is 0 Å². The van der Waals surface area contributed by atoms with Crippen LogP contribution >= 0.6 is 23.1 Å². The van der Waals surface area contributed by atoms with Crippen molar-refractivity contribution in [3.05, 3.63) is 44.6 Å². The van der Waals surface area contributed by atoms with Gasteiger partial charge in [0.25, 0.3) is 5.56 Å². The molecule has 0 bridgehead atoms. The highest BCUT2D eigenvalue weighted by Gasteiger charge is 2.23. The summed E-state index contributed by atoms with van der Waals surface area (Å²) in [4.78, 5) is 32.4. The zero-order valence-corrected chi connectivity index (χ0v) is 20.3. The molecule has 1 aliphatic rings. The molecular formula is C21H24N4O4S3. The molecule has 0 spiro atoms. The number of aromatic nitrogens is 2. The first-order valence-corrected chi connectivity index (χ1v) is 13.6. The summed E-state index contributed by atoms with van der Waals surface area (Å²) in [6, 6.07) is 4.56.